The molecule has 0 aliphatic heterocycles. The minimum atomic E-state index is -0.0247. The predicted molar refractivity (Wildman–Crippen MR) is 88.3 cm³/mol. The van der Waals surface area contributed by atoms with Crippen molar-refractivity contribution in [2.45, 2.75) is 32.6 Å². The quantitative estimate of drug-likeness (QED) is 0.842. The van der Waals surface area contributed by atoms with Crippen molar-refractivity contribution in [1.29, 1.82) is 0 Å². The van der Waals surface area contributed by atoms with E-state index < -0.39 is 0 Å². The van der Waals surface area contributed by atoms with Crippen molar-refractivity contribution in [3.05, 3.63) is 59.7 Å². The molecule has 0 saturated carbocycles. The molecule has 0 radical (unpaired) electrons. The lowest BCUT2D eigenvalue weighted by molar-refractivity contribution is -0.115. The second-order valence-electron chi connectivity index (χ2n) is 6.29. The third-order valence-corrected chi connectivity index (χ3v) is 3.38. The lowest BCUT2D eigenvalue weighted by Crippen LogP contribution is -2.15. The zero-order valence-corrected chi connectivity index (χ0v) is 12.8. The van der Waals surface area contributed by atoms with Gasteiger partial charge in [0.25, 0.3) is 0 Å². The number of anilines is 2. The number of benzene rings is 2. The van der Waals surface area contributed by atoms with E-state index in [1.54, 1.807) is 24.3 Å². The Balaban J connectivity index is 1.98. The molecule has 0 fully saturated rings. The molecule has 2 aromatic carbocycles. The Labute approximate surface area is 126 Å². The van der Waals surface area contributed by atoms with E-state index in [-0.39, 0.29) is 11.3 Å². The van der Waals surface area contributed by atoms with E-state index in [2.05, 4.69) is 38.2 Å². The molecule has 0 aliphatic carbocycles. The van der Waals surface area contributed by atoms with Gasteiger partial charge in [-0.2, -0.15) is 0 Å². The number of carbonyl (C=O) groups excluding carboxylic acids is 1. The van der Waals surface area contributed by atoms with Crippen molar-refractivity contribution >= 4 is 17.3 Å². The van der Waals surface area contributed by atoms with Crippen LogP contribution in [0.1, 0.15) is 31.9 Å². The van der Waals surface area contributed by atoms with Crippen LogP contribution in [0.4, 0.5) is 11.4 Å². The number of rotatable bonds is 3. The summed E-state index contributed by atoms with van der Waals surface area (Å²) in [5, 5.41) is 2.87. The SMILES string of the molecule is CC(C)(C)c1ccc(CC(=O)Nc2ccc(N)cc2)cc1. The molecule has 3 N–H and O–H groups in total. The van der Waals surface area contributed by atoms with Crippen LogP contribution in [0.5, 0.6) is 0 Å². The van der Waals surface area contributed by atoms with Crippen LogP contribution in [0, 0.1) is 0 Å². The second kappa shape index (κ2) is 6.00. The maximum atomic E-state index is 12.0. The van der Waals surface area contributed by atoms with E-state index in [1.807, 2.05) is 12.1 Å². The van der Waals surface area contributed by atoms with E-state index in [0.717, 1.165) is 11.3 Å². The molecule has 0 unspecified atom stereocenters. The highest BCUT2D eigenvalue weighted by Crippen LogP contribution is 2.22. The summed E-state index contributed by atoms with van der Waals surface area (Å²) in [4.78, 5) is 12.0. The van der Waals surface area contributed by atoms with E-state index in [0.29, 0.717) is 12.1 Å². The molecule has 0 heterocycles. The molecular formula is C18H22N2O. The molecule has 3 nitrogen and oxygen atoms in total. The van der Waals surface area contributed by atoms with Gasteiger partial charge in [-0.1, -0.05) is 45.0 Å². The average molecular weight is 282 g/mol. The van der Waals surface area contributed by atoms with Crippen LogP contribution in [-0.4, -0.2) is 5.91 Å². The van der Waals surface area contributed by atoms with Crippen molar-refractivity contribution in [1.82, 2.24) is 0 Å². The topological polar surface area (TPSA) is 55.1 Å². The van der Waals surface area contributed by atoms with Gasteiger partial charge >= 0.3 is 0 Å². The number of amides is 1. The van der Waals surface area contributed by atoms with E-state index in [4.69, 9.17) is 5.73 Å². The third-order valence-electron chi connectivity index (χ3n) is 3.38. The number of nitrogens with one attached hydrogen (secondary N) is 1. The van der Waals surface area contributed by atoms with Crippen LogP contribution in [0.3, 0.4) is 0 Å². The van der Waals surface area contributed by atoms with Crippen LogP contribution in [0.15, 0.2) is 48.5 Å². The van der Waals surface area contributed by atoms with Gasteiger partial charge in [-0.25, -0.2) is 0 Å². The number of nitrogens with two attached hydrogens (primary N) is 1. The third kappa shape index (κ3) is 4.35. The molecule has 0 atom stereocenters. The Morgan fingerprint density at radius 1 is 1.00 bits per heavy atom. The van der Waals surface area contributed by atoms with E-state index in [1.165, 1.54) is 5.56 Å². The first-order valence-corrected chi connectivity index (χ1v) is 7.09. The van der Waals surface area contributed by atoms with Crippen molar-refractivity contribution in [2.24, 2.45) is 0 Å². The van der Waals surface area contributed by atoms with Crippen LogP contribution < -0.4 is 11.1 Å². The standard InChI is InChI=1S/C18H22N2O/c1-18(2,3)14-6-4-13(5-7-14)12-17(21)20-16-10-8-15(19)9-11-16/h4-11H,12,19H2,1-3H3,(H,20,21). The Morgan fingerprint density at radius 3 is 2.10 bits per heavy atom. The number of hydrogen-bond acceptors (Lipinski definition) is 2. The Morgan fingerprint density at radius 2 is 1.57 bits per heavy atom. The highest BCUT2D eigenvalue weighted by molar-refractivity contribution is 5.92. The van der Waals surface area contributed by atoms with Gasteiger partial charge in [-0.3, -0.25) is 4.79 Å². The van der Waals surface area contributed by atoms with Gasteiger partial charge in [0.15, 0.2) is 0 Å². The first kappa shape index (κ1) is 15.1. The molecule has 2 rings (SSSR count). The van der Waals surface area contributed by atoms with Crippen LogP contribution in [0.2, 0.25) is 0 Å². The zero-order valence-electron chi connectivity index (χ0n) is 12.8. The first-order valence-electron chi connectivity index (χ1n) is 7.09. The number of hydrogen-bond donors (Lipinski definition) is 2. The molecule has 2 aromatic rings. The highest BCUT2D eigenvalue weighted by Gasteiger charge is 2.13. The van der Waals surface area contributed by atoms with Gasteiger partial charge in [-0.15, -0.1) is 0 Å². The van der Waals surface area contributed by atoms with Gasteiger partial charge in [0, 0.05) is 11.4 Å². The lowest BCUT2D eigenvalue weighted by atomic mass is 9.86. The van der Waals surface area contributed by atoms with Gasteiger partial charge in [0.05, 0.1) is 6.42 Å². The summed E-state index contributed by atoms with van der Waals surface area (Å²) >= 11 is 0. The maximum absolute atomic E-state index is 12.0. The van der Waals surface area contributed by atoms with Crippen LogP contribution in [-0.2, 0) is 16.6 Å². The predicted octanol–water partition coefficient (Wildman–Crippen LogP) is 3.75. The van der Waals surface area contributed by atoms with E-state index >= 15 is 0 Å². The van der Waals surface area contributed by atoms with Crippen molar-refractivity contribution in [3.63, 3.8) is 0 Å². The molecule has 110 valence electrons. The maximum Gasteiger partial charge on any atom is 0.228 e. The summed E-state index contributed by atoms with van der Waals surface area (Å²) in [6, 6.07) is 15.4. The second-order valence-corrected chi connectivity index (χ2v) is 6.29. The molecule has 1 amide bonds. The monoisotopic (exact) mass is 282 g/mol. The van der Waals surface area contributed by atoms with Crippen LogP contribution >= 0.6 is 0 Å². The highest BCUT2D eigenvalue weighted by atomic mass is 16.1. The fourth-order valence-corrected chi connectivity index (χ4v) is 2.08. The molecule has 0 aliphatic rings. The number of carbonyl (C=O) groups is 1. The molecule has 3 heteroatoms. The summed E-state index contributed by atoms with van der Waals surface area (Å²) in [6.45, 7) is 6.53. The molecule has 21 heavy (non-hydrogen) atoms. The fourth-order valence-electron chi connectivity index (χ4n) is 2.08. The molecule has 0 spiro atoms. The molecule has 0 aromatic heterocycles. The Bertz CT molecular complexity index is 607. The minimum absolute atomic E-state index is 0.0247. The molecule has 0 bridgehead atoms. The fraction of sp³-hybridized carbons (Fsp3) is 0.278. The average Bonchev–Trinajstić information content (AvgIpc) is 2.41. The van der Waals surface area contributed by atoms with Crippen LogP contribution in [0.25, 0.3) is 0 Å². The first-order chi connectivity index (χ1) is 9.84. The van der Waals surface area contributed by atoms with Gasteiger partial charge in [0.1, 0.15) is 0 Å². The summed E-state index contributed by atoms with van der Waals surface area (Å²) in [5.74, 6) is -0.0247. The van der Waals surface area contributed by atoms with Gasteiger partial charge in [-0.05, 0) is 40.8 Å². The zero-order chi connectivity index (χ0) is 15.5. The minimum Gasteiger partial charge on any atom is -0.399 e. The normalized spacial score (nSPS) is 11.2. The van der Waals surface area contributed by atoms with E-state index in [9.17, 15) is 4.79 Å². The number of nitrogen functional groups attached to an aromatic ring is 1. The largest absolute Gasteiger partial charge is 0.399 e. The van der Waals surface area contributed by atoms with Crippen molar-refractivity contribution < 1.29 is 4.79 Å². The lowest BCUT2D eigenvalue weighted by Gasteiger charge is -2.19. The Hall–Kier alpha value is -2.29. The van der Waals surface area contributed by atoms with Gasteiger partial charge < -0.3 is 11.1 Å². The molecular weight excluding hydrogens is 260 g/mol. The summed E-state index contributed by atoms with van der Waals surface area (Å²) in [6.07, 6.45) is 0.370. The smallest absolute Gasteiger partial charge is 0.228 e. The summed E-state index contributed by atoms with van der Waals surface area (Å²) in [5.41, 5.74) is 9.48. The summed E-state index contributed by atoms with van der Waals surface area (Å²) in [7, 11) is 0. The molecule has 0 saturated heterocycles. The summed E-state index contributed by atoms with van der Waals surface area (Å²) < 4.78 is 0. The van der Waals surface area contributed by atoms with Crippen molar-refractivity contribution in [3.8, 4) is 0 Å². The van der Waals surface area contributed by atoms with Gasteiger partial charge in [0.2, 0.25) is 5.91 Å². The Kier molecular flexibility index (Phi) is 4.32. The van der Waals surface area contributed by atoms with Crippen molar-refractivity contribution in [2.75, 3.05) is 11.1 Å².